The highest BCUT2D eigenvalue weighted by Crippen LogP contribution is 2.29. The van der Waals surface area contributed by atoms with Crippen LogP contribution in [0.5, 0.6) is 11.6 Å². The molecule has 0 atom stereocenters. The molecule has 0 bridgehead atoms. The van der Waals surface area contributed by atoms with Crippen LogP contribution in [0.25, 0.3) is 0 Å². The van der Waals surface area contributed by atoms with Crippen molar-refractivity contribution >= 4 is 15.9 Å². The fourth-order valence-corrected chi connectivity index (χ4v) is 2.23. The summed E-state index contributed by atoms with van der Waals surface area (Å²) in [5.41, 5.74) is 3.22. The number of ether oxygens (including phenoxy) is 1. The van der Waals surface area contributed by atoms with Gasteiger partial charge in [-0.3, -0.25) is 0 Å². The van der Waals surface area contributed by atoms with Crippen LogP contribution in [-0.2, 0) is 13.6 Å². The van der Waals surface area contributed by atoms with E-state index in [1.807, 2.05) is 46.1 Å². The van der Waals surface area contributed by atoms with E-state index >= 15 is 0 Å². The van der Waals surface area contributed by atoms with Crippen molar-refractivity contribution < 1.29 is 4.74 Å². The fraction of sp³-hybridized carbons (Fsp3) is 0.357. The maximum atomic E-state index is 5.99. The predicted octanol–water partition coefficient (Wildman–Crippen LogP) is 3.31. The Morgan fingerprint density at radius 1 is 1.37 bits per heavy atom. The quantitative estimate of drug-likeness (QED) is 0.938. The molecule has 1 heterocycles. The van der Waals surface area contributed by atoms with Gasteiger partial charge in [0.15, 0.2) is 0 Å². The average Bonchev–Trinajstić information content (AvgIpc) is 2.61. The monoisotopic (exact) mass is 323 g/mol. The first-order valence-electron chi connectivity index (χ1n) is 6.14. The zero-order chi connectivity index (χ0) is 14.0. The molecule has 0 saturated carbocycles. The molecule has 0 fully saturated rings. The highest BCUT2D eigenvalue weighted by molar-refractivity contribution is 9.10. The molecule has 2 rings (SSSR count). The normalized spacial score (nSPS) is 10.8. The summed E-state index contributed by atoms with van der Waals surface area (Å²) in [6, 6.07) is 5.95. The minimum atomic E-state index is 0.741. The van der Waals surface area contributed by atoms with Gasteiger partial charge in [-0.05, 0) is 44.7 Å². The maximum Gasteiger partial charge on any atom is 0.222 e. The van der Waals surface area contributed by atoms with Crippen LogP contribution < -0.4 is 10.1 Å². The molecule has 0 aliphatic rings. The molecule has 0 spiro atoms. The van der Waals surface area contributed by atoms with Crippen LogP contribution in [-0.4, -0.2) is 16.8 Å². The Morgan fingerprint density at radius 2 is 2.11 bits per heavy atom. The third kappa shape index (κ3) is 2.98. The molecule has 19 heavy (non-hydrogen) atoms. The summed E-state index contributed by atoms with van der Waals surface area (Å²) in [6.07, 6.45) is 0. The van der Waals surface area contributed by atoms with Gasteiger partial charge in [-0.2, -0.15) is 5.10 Å². The highest BCUT2D eigenvalue weighted by atomic mass is 79.9. The van der Waals surface area contributed by atoms with Crippen LogP contribution in [0, 0.1) is 13.8 Å². The smallest absolute Gasteiger partial charge is 0.222 e. The van der Waals surface area contributed by atoms with Crippen molar-refractivity contribution in [2.75, 3.05) is 7.05 Å². The van der Waals surface area contributed by atoms with Gasteiger partial charge in [-0.15, -0.1) is 0 Å². The Hall–Kier alpha value is -1.33. The molecule has 1 N–H and O–H groups in total. The summed E-state index contributed by atoms with van der Waals surface area (Å²) >= 11 is 3.49. The van der Waals surface area contributed by atoms with E-state index in [1.165, 1.54) is 0 Å². The fourth-order valence-electron chi connectivity index (χ4n) is 1.98. The zero-order valence-corrected chi connectivity index (χ0v) is 13.2. The SMILES string of the molecule is CNCc1c(C)nn(C)c1Oc1ccc(Br)c(C)c1. The van der Waals surface area contributed by atoms with Crippen molar-refractivity contribution in [1.82, 2.24) is 15.1 Å². The molecular weight excluding hydrogens is 306 g/mol. The van der Waals surface area contributed by atoms with Crippen molar-refractivity contribution in [3.05, 3.63) is 39.5 Å². The number of aryl methyl sites for hydroxylation is 3. The van der Waals surface area contributed by atoms with Gasteiger partial charge >= 0.3 is 0 Å². The highest BCUT2D eigenvalue weighted by Gasteiger charge is 2.14. The number of halogens is 1. The van der Waals surface area contributed by atoms with Gasteiger partial charge in [0, 0.05) is 18.1 Å². The van der Waals surface area contributed by atoms with Crippen LogP contribution >= 0.6 is 15.9 Å². The summed E-state index contributed by atoms with van der Waals surface area (Å²) in [6.45, 7) is 4.77. The van der Waals surface area contributed by atoms with Gasteiger partial charge < -0.3 is 10.1 Å². The lowest BCUT2D eigenvalue weighted by Gasteiger charge is -2.10. The molecule has 1 aromatic heterocycles. The van der Waals surface area contributed by atoms with Crippen LogP contribution in [0.15, 0.2) is 22.7 Å². The van der Waals surface area contributed by atoms with Gasteiger partial charge in [0.05, 0.1) is 11.3 Å². The number of hydrogen-bond acceptors (Lipinski definition) is 3. The molecular formula is C14H18BrN3O. The molecule has 1 aromatic carbocycles. The second-order valence-electron chi connectivity index (χ2n) is 4.54. The second kappa shape index (κ2) is 5.75. The van der Waals surface area contributed by atoms with Crippen molar-refractivity contribution in [2.24, 2.45) is 7.05 Å². The summed E-state index contributed by atoms with van der Waals surface area (Å²) in [7, 11) is 3.81. The first-order valence-corrected chi connectivity index (χ1v) is 6.93. The van der Waals surface area contributed by atoms with Crippen molar-refractivity contribution in [1.29, 1.82) is 0 Å². The van der Waals surface area contributed by atoms with Gasteiger partial charge in [0.25, 0.3) is 0 Å². The summed E-state index contributed by atoms with van der Waals surface area (Å²) in [5, 5.41) is 7.55. The summed E-state index contributed by atoms with van der Waals surface area (Å²) in [5.74, 6) is 1.61. The molecule has 0 radical (unpaired) electrons. The molecule has 0 amide bonds. The van der Waals surface area contributed by atoms with Crippen LogP contribution in [0.1, 0.15) is 16.8 Å². The lowest BCUT2D eigenvalue weighted by molar-refractivity contribution is 0.424. The van der Waals surface area contributed by atoms with E-state index in [0.717, 1.165) is 39.5 Å². The lowest BCUT2D eigenvalue weighted by Crippen LogP contribution is -2.07. The van der Waals surface area contributed by atoms with E-state index in [-0.39, 0.29) is 0 Å². The van der Waals surface area contributed by atoms with Gasteiger partial charge in [0.2, 0.25) is 5.88 Å². The number of nitrogens with zero attached hydrogens (tertiary/aromatic N) is 2. The van der Waals surface area contributed by atoms with Gasteiger partial charge in [-0.1, -0.05) is 15.9 Å². The van der Waals surface area contributed by atoms with Crippen molar-refractivity contribution in [3.8, 4) is 11.6 Å². The summed E-state index contributed by atoms with van der Waals surface area (Å²) < 4.78 is 8.85. The molecule has 2 aromatic rings. The third-order valence-corrected chi connectivity index (χ3v) is 3.88. The first-order chi connectivity index (χ1) is 9.02. The standard InChI is InChI=1S/C14H18BrN3O/c1-9-7-11(5-6-13(9)15)19-14-12(8-16-3)10(2)17-18(14)4/h5-7,16H,8H2,1-4H3. The first kappa shape index (κ1) is 14.1. The number of rotatable bonds is 4. The number of nitrogens with one attached hydrogen (secondary N) is 1. The molecule has 0 unspecified atom stereocenters. The number of aromatic nitrogens is 2. The Balaban J connectivity index is 2.34. The zero-order valence-electron chi connectivity index (χ0n) is 11.6. The van der Waals surface area contributed by atoms with E-state index in [1.54, 1.807) is 4.68 Å². The molecule has 0 aliphatic heterocycles. The largest absolute Gasteiger partial charge is 0.439 e. The van der Waals surface area contributed by atoms with Crippen LogP contribution in [0.3, 0.4) is 0 Å². The van der Waals surface area contributed by atoms with E-state index in [4.69, 9.17) is 4.74 Å². The molecule has 102 valence electrons. The van der Waals surface area contributed by atoms with E-state index in [2.05, 4.69) is 26.3 Å². The Labute approximate surface area is 121 Å². The van der Waals surface area contributed by atoms with Crippen LogP contribution in [0.2, 0.25) is 0 Å². The number of benzene rings is 1. The molecule has 0 aliphatic carbocycles. The molecule has 0 saturated heterocycles. The summed E-state index contributed by atoms with van der Waals surface area (Å²) in [4.78, 5) is 0. The molecule has 4 nitrogen and oxygen atoms in total. The van der Waals surface area contributed by atoms with E-state index in [9.17, 15) is 0 Å². The molecule has 5 heteroatoms. The minimum absolute atomic E-state index is 0.741. The topological polar surface area (TPSA) is 39.1 Å². The Morgan fingerprint density at radius 3 is 2.74 bits per heavy atom. The third-order valence-electron chi connectivity index (χ3n) is 2.99. The second-order valence-corrected chi connectivity index (χ2v) is 5.39. The Bertz CT molecular complexity index is 593. The van der Waals surface area contributed by atoms with Crippen molar-refractivity contribution in [2.45, 2.75) is 20.4 Å². The number of hydrogen-bond donors (Lipinski definition) is 1. The van der Waals surface area contributed by atoms with E-state index in [0.29, 0.717) is 0 Å². The van der Waals surface area contributed by atoms with E-state index < -0.39 is 0 Å². The van der Waals surface area contributed by atoms with Gasteiger partial charge in [0.1, 0.15) is 5.75 Å². The lowest BCUT2D eigenvalue weighted by atomic mass is 10.2. The average molecular weight is 324 g/mol. The van der Waals surface area contributed by atoms with Crippen LogP contribution in [0.4, 0.5) is 0 Å². The predicted molar refractivity (Wildman–Crippen MR) is 79.7 cm³/mol. The van der Waals surface area contributed by atoms with Gasteiger partial charge in [-0.25, -0.2) is 4.68 Å². The maximum absolute atomic E-state index is 5.99. The Kier molecular flexibility index (Phi) is 4.27. The minimum Gasteiger partial charge on any atom is -0.439 e. The van der Waals surface area contributed by atoms with Crippen molar-refractivity contribution in [3.63, 3.8) is 0 Å².